The number of rotatable bonds is 4. The molecule has 0 fully saturated rings. The molecule has 0 radical (unpaired) electrons. The first-order chi connectivity index (χ1) is 10.1. The lowest BCUT2D eigenvalue weighted by Crippen LogP contribution is -2.18. The van der Waals surface area contributed by atoms with E-state index in [2.05, 4.69) is 26.5 Å². The predicted molar refractivity (Wildman–Crippen MR) is 83.9 cm³/mol. The molecule has 2 aromatic carbocycles. The van der Waals surface area contributed by atoms with Gasteiger partial charge in [0.1, 0.15) is 0 Å². The van der Waals surface area contributed by atoms with Crippen LogP contribution in [0.3, 0.4) is 0 Å². The number of phenols is 1. The SMILES string of the molecule is COc1cccc(C=NNC(=O)c2ccccc2Br)c1O. The molecule has 108 valence electrons. The molecule has 0 bridgehead atoms. The maximum atomic E-state index is 11.9. The Hall–Kier alpha value is -2.34. The number of para-hydroxylation sites is 1. The maximum absolute atomic E-state index is 11.9. The summed E-state index contributed by atoms with van der Waals surface area (Å²) in [7, 11) is 1.46. The van der Waals surface area contributed by atoms with E-state index in [1.54, 1.807) is 36.4 Å². The van der Waals surface area contributed by atoms with Gasteiger partial charge >= 0.3 is 0 Å². The summed E-state index contributed by atoms with van der Waals surface area (Å²) >= 11 is 3.29. The Morgan fingerprint density at radius 3 is 2.76 bits per heavy atom. The number of halogens is 1. The highest BCUT2D eigenvalue weighted by Crippen LogP contribution is 2.27. The van der Waals surface area contributed by atoms with Crippen molar-refractivity contribution in [2.75, 3.05) is 7.11 Å². The van der Waals surface area contributed by atoms with E-state index in [1.807, 2.05) is 6.07 Å². The van der Waals surface area contributed by atoms with Crippen LogP contribution in [0, 0.1) is 0 Å². The second kappa shape index (κ2) is 6.90. The average Bonchev–Trinajstić information content (AvgIpc) is 2.49. The van der Waals surface area contributed by atoms with Crippen LogP contribution >= 0.6 is 15.9 Å². The third kappa shape index (κ3) is 3.61. The highest BCUT2D eigenvalue weighted by molar-refractivity contribution is 9.10. The van der Waals surface area contributed by atoms with Crippen LogP contribution in [0.5, 0.6) is 11.5 Å². The summed E-state index contributed by atoms with van der Waals surface area (Å²) in [5.41, 5.74) is 3.32. The molecule has 0 atom stereocenters. The fourth-order valence-electron chi connectivity index (χ4n) is 1.67. The number of nitrogens with one attached hydrogen (secondary N) is 1. The van der Waals surface area contributed by atoms with Crippen LogP contribution in [0.1, 0.15) is 15.9 Å². The third-order valence-corrected chi connectivity index (χ3v) is 3.43. The lowest BCUT2D eigenvalue weighted by molar-refractivity contribution is 0.0954. The molecule has 0 aliphatic carbocycles. The number of benzene rings is 2. The number of hydrogen-bond acceptors (Lipinski definition) is 4. The molecular weight excluding hydrogens is 336 g/mol. The number of hydrazone groups is 1. The molecule has 0 aliphatic heterocycles. The number of carbonyl (C=O) groups excluding carboxylic acids is 1. The molecule has 2 N–H and O–H groups in total. The maximum Gasteiger partial charge on any atom is 0.272 e. The first-order valence-corrected chi connectivity index (χ1v) is 6.86. The molecule has 0 saturated carbocycles. The van der Waals surface area contributed by atoms with Crippen molar-refractivity contribution < 1.29 is 14.6 Å². The van der Waals surface area contributed by atoms with Crippen molar-refractivity contribution >= 4 is 28.1 Å². The Morgan fingerprint density at radius 2 is 2.05 bits per heavy atom. The zero-order chi connectivity index (χ0) is 15.2. The van der Waals surface area contributed by atoms with E-state index in [9.17, 15) is 9.90 Å². The fraction of sp³-hybridized carbons (Fsp3) is 0.0667. The van der Waals surface area contributed by atoms with Crippen LogP contribution in [-0.4, -0.2) is 24.3 Å². The fourth-order valence-corrected chi connectivity index (χ4v) is 2.14. The molecule has 6 heteroatoms. The topological polar surface area (TPSA) is 70.9 Å². The minimum atomic E-state index is -0.346. The Morgan fingerprint density at radius 1 is 1.29 bits per heavy atom. The summed E-state index contributed by atoms with van der Waals surface area (Å²) in [5.74, 6) is -0.0314. The number of methoxy groups -OCH3 is 1. The Kier molecular flexibility index (Phi) is 4.94. The molecule has 0 heterocycles. The molecule has 0 spiro atoms. The predicted octanol–water partition coefficient (Wildman–Crippen LogP) is 2.93. The van der Waals surface area contributed by atoms with Gasteiger partial charge in [-0.3, -0.25) is 4.79 Å². The van der Waals surface area contributed by atoms with Gasteiger partial charge in [0.25, 0.3) is 5.91 Å². The molecule has 5 nitrogen and oxygen atoms in total. The molecule has 2 rings (SSSR count). The number of amides is 1. The second-order valence-corrected chi connectivity index (χ2v) is 4.93. The second-order valence-electron chi connectivity index (χ2n) is 4.08. The van der Waals surface area contributed by atoms with E-state index < -0.39 is 0 Å². The number of carbonyl (C=O) groups is 1. The number of hydrogen-bond donors (Lipinski definition) is 2. The molecule has 2 aromatic rings. The van der Waals surface area contributed by atoms with Gasteiger partial charge in [-0.1, -0.05) is 18.2 Å². The average molecular weight is 349 g/mol. The first kappa shape index (κ1) is 15.1. The summed E-state index contributed by atoms with van der Waals surface area (Å²) < 4.78 is 5.68. The van der Waals surface area contributed by atoms with Crippen molar-refractivity contribution in [1.82, 2.24) is 5.43 Å². The van der Waals surface area contributed by atoms with E-state index in [0.717, 1.165) is 0 Å². The van der Waals surface area contributed by atoms with Gasteiger partial charge in [0.05, 0.1) is 18.9 Å². The summed E-state index contributed by atoms with van der Waals surface area (Å²) in [6.45, 7) is 0. The van der Waals surface area contributed by atoms with Crippen LogP contribution in [0.4, 0.5) is 0 Å². The quantitative estimate of drug-likeness (QED) is 0.659. The lowest BCUT2D eigenvalue weighted by Gasteiger charge is -2.05. The van der Waals surface area contributed by atoms with Crippen LogP contribution < -0.4 is 10.2 Å². The van der Waals surface area contributed by atoms with Gasteiger partial charge in [-0.2, -0.15) is 5.10 Å². The van der Waals surface area contributed by atoms with Crippen molar-refractivity contribution in [3.05, 3.63) is 58.1 Å². The Labute approximate surface area is 130 Å². The van der Waals surface area contributed by atoms with Gasteiger partial charge in [0.2, 0.25) is 0 Å². The monoisotopic (exact) mass is 348 g/mol. The lowest BCUT2D eigenvalue weighted by atomic mass is 10.2. The van der Waals surface area contributed by atoms with Crippen molar-refractivity contribution in [2.45, 2.75) is 0 Å². The van der Waals surface area contributed by atoms with Gasteiger partial charge in [-0.05, 0) is 40.2 Å². The Balaban J connectivity index is 2.10. The van der Waals surface area contributed by atoms with Crippen LogP contribution in [-0.2, 0) is 0 Å². The third-order valence-electron chi connectivity index (χ3n) is 2.74. The van der Waals surface area contributed by atoms with Crippen molar-refractivity contribution in [3.8, 4) is 11.5 Å². The molecule has 1 amide bonds. The van der Waals surface area contributed by atoms with Crippen LogP contribution in [0.25, 0.3) is 0 Å². The molecule has 0 unspecified atom stereocenters. The molecular formula is C15H13BrN2O3. The summed E-state index contributed by atoms with van der Waals surface area (Å²) in [6.07, 6.45) is 1.35. The number of ether oxygens (including phenoxy) is 1. The summed E-state index contributed by atoms with van der Waals surface area (Å²) in [6, 6.07) is 12.0. The van der Waals surface area contributed by atoms with Gasteiger partial charge in [-0.25, -0.2) is 5.43 Å². The summed E-state index contributed by atoms with van der Waals surface area (Å²) in [4.78, 5) is 11.9. The largest absolute Gasteiger partial charge is 0.504 e. The van der Waals surface area contributed by atoms with Crippen LogP contribution in [0.2, 0.25) is 0 Å². The zero-order valence-electron chi connectivity index (χ0n) is 11.2. The normalized spacial score (nSPS) is 10.6. The Bertz CT molecular complexity index is 686. The number of aromatic hydroxyl groups is 1. The van der Waals surface area contributed by atoms with Crippen molar-refractivity contribution in [3.63, 3.8) is 0 Å². The number of phenolic OH excluding ortho intramolecular Hbond substituents is 1. The van der Waals surface area contributed by atoms with E-state index in [0.29, 0.717) is 21.3 Å². The molecule has 21 heavy (non-hydrogen) atoms. The van der Waals surface area contributed by atoms with E-state index in [-0.39, 0.29) is 11.7 Å². The standard InChI is InChI=1S/C15H13BrN2O3/c1-21-13-8-4-5-10(14(13)19)9-17-18-15(20)11-6-2-3-7-12(11)16/h2-9,19H,1H3,(H,18,20). The van der Waals surface area contributed by atoms with E-state index in [1.165, 1.54) is 13.3 Å². The smallest absolute Gasteiger partial charge is 0.272 e. The van der Waals surface area contributed by atoms with Crippen molar-refractivity contribution in [2.24, 2.45) is 5.10 Å². The van der Waals surface area contributed by atoms with Gasteiger partial charge < -0.3 is 9.84 Å². The summed E-state index contributed by atoms with van der Waals surface area (Å²) in [5, 5.41) is 13.7. The highest BCUT2D eigenvalue weighted by Gasteiger charge is 2.08. The zero-order valence-corrected chi connectivity index (χ0v) is 12.8. The highest BCUT2D eigenvalue weighted by atomic mass is 79.9. The van der Waals surface area contributed by atoms with Gasteiger partial charge in [-0.15, -0.1) is 0 Å². The van der Waals surface area contributed by atoms with E-state index >= 15 is 0 Å². The van der Waals surface area contributed by atoms with Gasteiger partial charge in [0, 0.05) is 10.0 Å². The van der Waals surface area contributed by atoms with Crippen molar-refractivity contribution in [1.29, 1.82) is 0 Å². The molecule has 0 aromatic heterocycles. The van der Waals surface area contributed by atoms with Gasteiger partial charge in [0.15, 0.2) is 11.5 Å². The van der Waals surface area contributed by atoms with Crippen LogP contribution in [0.15, 0.2) is 52.0 Å². The molecule has 0 aliphatic rings. The number of nitrogens with zero attached hydrogens (tertiary/aromatic N) is 1. The van der Waals surface area contributed by atoms with E-state index in [4.69, 9.17) is 4.74 Å². The molecule has 0 saturated heterocycles. The minimum absolute atomic E-state index is 0.0288. The first-order valence-electron chi connectivity index (χ1n) is 6.07. The minimum Gasteiger partial charge on any atom is -0.504 e.